The molecule has 1 aromatic carbocycles. The van der Waals surface area contributed by atoms with E-state index in [0.29, 0.717) is 0 Å². The number of aromatic nitrogens is 1. The number of nitrogens with one attached hydrogen (secondary N) is 1. The molecule has 3 heteroatoms. The van der Waals surface area contributed by atoms with Crippen LogP contribution in [0.25, 0.3) is 22.0 Å². The SMILES string of the molecule is Cc1sc(N)cc1-c1c[nH]c2ccccc12. The van der Waals surface area contributed by atoms with Gasteiger partial charge in [0, 0.05) is 27.5 Å². The molecule has 80 valence electrons. The van der Waals surface area contributed by atoms with E-state index in [9.17, 15) is 0 Å². The molecule has 0 radical (unpaired) electrons. The number of H-pyrrole nitrogens is 1. The van der Waals surface area contributed by atoms with Crippen LogP contribution in [-0.4, -0.2) is 4.98 Å². The molecule has 3 rings (SSSR count). The fourth-order valence-electron chi connectivity index (χ4n) is 2.07. The van der Waals surface area contributed by atoms with Gasteiger partial charge in [0.15, 0.2) is 0 Å². The Hall–Kier alpha value is -1.74. The summed E-state index contributed by atoms with van der Waals surface area (Å²) in [7, 11) is 0. The highest BCUT2D eigenvalue weighted by atomic mass is 32.1. The molecule has 3 N–H and O–H groups in total. The van der Waals surface area contributed by atoms with E-state index in [0.717, 1.165) is 5.00 Å². The first-order valence-electron chi connectivity index (χ1n) is 5.18. The van der Waals surface area contributed by atoms with Crippen LogP contribution < -0.4 is 5.73 Å². The van der Waals surface area contributed by atoms with Crippen molar-refractivity contribution in [2.45, 2.75) is 6.92 Å². The quantitative estimate of drug-likeness (QED) is 0.653. The smallest absolute Gasteiger partial charge is 0.0865 e. The van der Waals surface area contributed by atoms with Gasteiger partial charge in [0.1, 0.15) is 0 Å². The summed E-state index contributed by atoms with van der Waals surface area (Å²) in [6, 6.07) is 10.4. The molecular weight excluding hydrogens is 216 g/mol. The maximum absolute atomic E-state index is 5.84. The molecule has 0 spiro atoms. The van der Waals surface area contributed by atoms with Gasteiger partial charge in [-0.2, -0.15) is 0 Å². The molecule has 2 aromatic heterocycles. The number of fused-ring (bicyclic) bond motifs is 1. The Morgan fingerprint density at radius 1 is 1.19 bits per heavy atom. The van der Waals surface area contributed by atoms with E-state index in [2.05, 4.69) is 42.4 Å². The number of rotatable bonds is 1. The van der Waals surface area contributed by atoms with Crippen molar-refractivity contribution < 1.29 is 0 Å². The van der Waals surface area contributed by atoms with E-state index in [1.54, 1.807) is 11.3 Å². The van der Waals surface area contributed by atoms with Crippen LogP contribution >= 0.6 is 11.3 Å². The first-order chi connectivity index (χ1) is 7.75. The van der Waals surface area contributed by atoms with Crippen molar-refractivity contribution in [1.29, 1.82) is 0 Å². The Labute approximate surface area is 97.7 Å². The number of nitrogen functional groups attached to an aromatic ring is 1. The molecule has 2 nitrogen and oxygen atoms in total. The second kappa shape index (κ2) is 3.39. The van der Waals surface area contributed by atoms with E-state index in [1.807, 2.05) is 6.07 Å². The van der Waals surface area contributed by atoms with Gasteiger partial charge in [-0.3, -0.25) is 0 Å². The van der Waals surface area contributed by atoms with Crippen LogP contribution in [0.5, 0.6) is 0 Å². The van der Waals surface area contributed by atoms with Gasteiger partial charge in [0.05, 0.1) is 5.00 Å². The largest absolute Gasteiger partial charge is 0.391 e. The molecule has 0 bridgehead atoms. The Bertz CT molecular complexity index is 649. The molecule has 0 atom stereocenters. The monoisotopic (exact) mass is 228 g/mol. The summed E-state index contributed by atoms with van der Waals surface area (Å²) in [5, 5.41) is 2.13. The summed E-state index contributed by atoms with van der Waals surface area (Å²) >= 11 is 1.64. The van der Waals surface area contributed by atoms with Gasteiger partial charge in [-0.05, 0) is 24.6 Å². The molecule has 0 saturated heterocycles. The second-order valence-corrected chi connectivity index (χ2v) is 5.15. The lowest BCUT2D eigenvalue weighted by molar-refractivity contribution is 1.47. The molecule has 0 aliphatic heterocycles. The van der Waals surface area contributed by atoms with Crippen molar-refractivity contribution in [2.24, 2.45) is 0 Å². The summed E-state index contributed by atoms with van der Waals surface area (Å²) in [5.41, 5.74) is 9.48. The van der Waals surface area contributed by atoms with Gasteiger partial charge in [0.2, 0.25) is 0 Å². The molecular formula is C13H12N2S. The summed E-state index contributed by atoms with van der Waals surface area (Å²) in [6.07, 6.45) is 2.05. The minimum Gasteiger partial charge on any atom is -0.391 e. The normalized spacial score (nSPS) is 11.1. The number of anilines is 1. The highest BCUT2D eigenvalue weighted by molar-refractivity contribution is 7.16. The van der Waals surface area contributed by atoms with Crippen LogP contribution in [0.2, 0.25) is 0 Å². The van der Waals surface area contributed by atoms with Crippen molar-refractivity contribution in [2.75, 3.05) is 5.73 Å². The number of hydrogen-bond donors (Lipinski definition) is 2. The highest BCUT2D eigenvalue weighted by Crippen LogP contribution is 2.36. The lowest BCUT2D eigenvalue weighted by Gasteiger charge is -1.97. The summed E-state index contributed by atoms with van der Waals surface area (Å²) < 4.78 is 0. The number of para-hydroxylation sites is 1. The van der Waals surface area contributed by atoms with Crippen LogP contribution in [0.15, 0.2) is 36.5 Å². The predicted molar refractivity (Wildman–Crippen MR) is 70.8 cm³/mol. The summed E-state index contributed by atoms with van der Waals surface area (Å²) in [4.78, 5) is 4.55. The topological polar surface area (TPSA) is 41.8 Å². The zero-order chi connectivity index (χ0) is 11.1. The second-order valence-electron chi connectivity index (χ2n) is 3.87. The van der Waals surface area contributed by atoms with Gasteiger partial charge in [0.25, 0.3) is 0 Å². The zero-order valence-electron chi connectivity index (χ0n) is 8.95. The average Bonchev–Trinajstić information content (AvgIpc) is 2.81. The van der Waals surface area contributed by atoms with Crippen molar-refractivity contribution in [3.8, 4) is 11.1 Å². The van der Waals surface area contributed by atoms with E-state index in [1.165, 1.54) is 26.9 Å². The Morgan fingerprint density at radius 2 is 2.00 bits per heavy atom. The highest BCUT2D eigenvalue weighted by Gasteiger charge is 2.10. The molecule has 0 unspecified atom stereocenters. The Balaban J connectivity index is 2.30. The fourth-order valence-corrected chi connectivity index (χ4v) is 2.88. The molecule has 0 aliphatic carbocycles. The Kier molecular flexibility index (Phi) is 2.01. The number of thiophene rings is 1. The minimum absolute atomic E-state index is 0.873. The van der Waals surface area contributed by atoms with Crippen LogP contribution in [0.3, 0.4) is 0 Å². The van der Waals surface area contributed by atoms with Crippen LogP contribution in [0.1, 0.15) is 4.88 Å². The van der Waals surface area contributed by atoms with E-state index >= 15 is 0 Å². The number of aryl methyl sites for hydroxylation is 1. The molecule has 2 heterocycles. The van der Waals surface area contributed by atoms with E-state index in [4.69, 9.17) is 5.73 Å². The third-order valence-corrected chi connectivity index (χ3v) is 3.70. The van der Waals surface area contributed by atoms with E-state index in [-0.39, 0.29) is 0 Å². The number of nitrogens with two attached hydrogens (primary N) is 1. The number of benzene rings is 1. The van der Waals surface area contributed by atoms with E-state index < -0.39 is 0 Å². The van der Waals surface area contributed by atoms with Crippen molar-refractivity contribution in [1.82, 2.24) is 4.98 Å². The van der Waals surface area contributed by atoms with Crippen molar-refractivity contribution in [3.63, 3.8) is 0 Å². The van der Waals surface area contributed by atoms with Gasteiger partial charge in [-0.15, -0.1) is 11.3 Å². The predicted octanol–water partition coefficient (Wildman–Crippen LogP) is 3.79. The first-order valence-corrected chi connectivity index (χ1v) is 6.00. The van der Waals surface area contributed by atoms with Crippen molar-refractivity contribution in [3.05, 3.63) is 41.4 Å². The maximum Gasteiger partial charge on any atom is 0.0865 e. The standard InChI is InChI=1S/C13H12N2S/c1-8-10(6-13(14)16-8)11-7-15-12-5-3-2-4-9(11)12/h2-7,15H,14H2,1H3. The van der Waals surface area contributed by atoms with Crippen molar-refractivity contribution >= 4 is 27.2 Å². The lowest BCUT2D eigenvalue weighted by Crippen LogP contribution is -1.75. The fraction of sp³-hybridized carbons (Fsp3) is 0.0769. The Morgan fingerprint density at radius 3 is 2.75 bits per heavy atom. The lowest BCUT2D eigenvalue weighted by atomic mass is 10.1. The maximum atomic E-state index is 5.84. The molecule has 0 amide bonds. The van der Waals surface area contributed by atoms with Gasteiger partial charge >= 0.3 is 0 Å². The van der Waals surface area contributed by atoms with Crippen LogP contribution in [-0.2, 0) is 0 Å². The van der Waals surface area contributed by atoms with Crippen LogP contribution in [0, 0.1) is 6.92 Å². The molecule has 3 aromatic rings. The summed E-state index contributed by atoms with van der Waals surface area (Å²) in [6.45, 7) is 2.11. The third-order valence-electron chi connectivity index (χ3n) is 2.82. The molecule has 16 heavy (non-hydrogen) atoms. The molecule has 0 saturated carbocycles. The third kappa shape index (κ3) is 1.32. The van der Waals surface area contributed by atoms with Gasteiger partial charge < -0.3 is 10.7 Å². The summed E-state index contributed by atoms with van der Waals surface area (Å²) in [5.74, 6) is 0. The zero-order valence-corrected chi connectivity index (χ0v) is 9.77. The number of aromatic amines is 1. The first kappa shape index (κ1) is 9.48. The number of hydrogen-bond acceptors (Lipinski definition) is 2. The molecule has 0 fully saturated rings. The van der Waals surface area contributed by atoms with Gasteiger partial charge in [-0.1, -0.05) is 18.2 Å². The average molecular weight is 228 g/mol. The minimum atomic E-state index is 0.873. The molecule has 0 aliphatic rings. The van der Waals surface area contributed by atoms with Crippen LogP contribution in [0.4, 0.5) is 5.00 Å². The van der Waals surface area contributed by atoms with Gasteiger partial charge in [-0.25, -0.2) is 0 Å².